The molecule has 4 rings (SSSR count). The van der Waals surface area contributed by atoms with Gasteiger partial charge in [-0.15, -0.1) is 0 Å². The molecule has 0 radical (unpaired) electrons. The van der Waals surface area contributed by atoms with E-state index in [0.29, 0.717) is 6.54 Å². The number of nitrogens with one attached hydrogen (secondary N) is 1. The number of nitrogens with zero attached hydrogens (tertiary/aromatic N) is 3. The highest BCUT2D eigenvalue weighted by Gasteiger charge is 2.21. The van der Waals surface area contributed by atoms with Crippen LogP contribution >= 0.6 is 0 Å². The molecule has 1 aliphatic heterocycles. The highest BCUT2D eigenvalue weighted by molar-refractivity contribution is 5.64. The van der Waals surface area contributed by atoms with Crippen LogP contribution in [0, 0.1) is 15.9 Å². The number of non-ortho nitro benzene ring substituents is 1. The Morgan fingerprint density at radius 2 is 1.88 bits per heavy atom. The maximum absolute atomic E-state index is 13.2. The second kappa shape index (κ2) is 6.68. The molecule has 0 spiro atoms. The molecular formula is C19H17FN4O2. The van der Waals surface area contributed by atoms with Gasteiger partial charge in [-0.3, -0.25) is 14.8 Å². The van der Waals surface area contributed by atoms with Gasteiger partial charge in [-0.25, -0.2) is 4.39 Å². The van der Waals surface area contributed by atoms with Crippen LogP contribution in [0.3, 0.4) is 0 Å². The van der Waals surface area contributed by atoms with E-state index < -0.39 is 4.92 Å². The molecule has 26 heavy (non-hydrogen) atoms. The quantitative estimate of drug-likeness (QED) is 0.578. The first-order chi connectivity index (χ1) is 12.6. The number of rotatable bonds is 4. The van der Waals surface area contributed by atoms with Gasteiger partial charge >= 0.3 is 0 Å². The van der Waals surface area contributed by atoms with Gasteiger partial charge in [0, 0.05) is 48.5 Å². The fourth-order valence-corrected chi connectivity index (χ4v) is 3.29. The summed E-state index contributed by atoms with van der Waals surface area (Å²) >= 11 is 0. The maximum atomic E-state index is 13.2. The number of nitro groups is 1. The minimum Gasteiger partial charge on any atom is -0.312 e. The second-order valence-corrected chi connectivity index (χ2v) is 6.29. The lowest BCUT2D eigenvalue weighted by Crippen LogP contribution is -2.25. The third kappa shape index (κ3) is 3.09. The van der Waals surface area contributed by atoms with Gasteiger partial charge in [0.25, 0.3) is 5.69 Å². The van der Waals surface area contributed by atoms with Crippen molar-refractivity contribution < 1.29 is 9.31 Å². The minimum atomic E-state index is -0.405. The Balaban J connectivity index is 1.70. The van der Waals surface area contributed by atoms with Crippen LogP contribution in [0.25, 0.3) is 11.3 Å². The molecule has 1 aromatic heterocycles. The Bertz CT molecular complexity index is 949. The molecule has 0 bridgehead atoms. The Kier molecular flexibility index (Phi) is 4.22. The van der Waals surface area contributed by atoms with Crippen molar-refractivity contribution in [3.63, 3.8) is 0 Å². The molecule has 0 saturated heterocycles. The van der Waals surface area contributed by atoms with Crippen LogP contribution in [0.15, 0.2) is 48.5 Å². The van der Waals surface area contributed by atoms with Gasteiger partial charge < -0.3 is 5.32 Å². The molecule has 6 nitrogen and oxygen atoms in total. The van der Waals surface area contributed by atoms with Gasteiger partial charge in [0.1, 0.15) is 5.82 Å². The lowest BCUT2D eigenvalue weighted by molar-refractivity contribution is -0.384. The zero-order chi connectivity index (χ0) is 18.1. The molecule has 0 aliphatic carbocycles. The largest absolute Gasteiger partial charge is 0.312 e. The van der Waals surface area contributed by atoms with Gasteiger partial charge in [0.15, 0.2) is 0 Å². The second-order valence-electron chi connectivity index (χ2n) is 6.29. The molecule has 0 unspecified atom stereocenters. The molecule has 2 heterocycles. The molecule has 0 amide bonds. The number of aromatic nitrogens is 2. The summed E-state index contributed by atoms with van der Waals surface area (Å²) in [6, 6.07) is 12.9. The molecule has 0 fully saturated rings. The summed E-state index contributed by atoms with van der Waals surface area (Å²) in [4.78, 5) is 10.4. The average molecular weight is 352 g/mol. The van der Waals surface area contributed by atoms with E-state index in [1.54, 1.807) is 24.3 Å². The van der Waals surface area contributed by atoms with E-state index in [-0.39, 0.29) is 11.5 Å². The van der Waals surface area contributed by atoms with Crippen molar-refractivity contribution in [2.24, 2.45) is 0 Å². The fraction of sp³-hybridized carbons (Fsp3) is 0.211. The van der Waals surface area contributed by atoms with Crippen LogP contribution in [-0.2, 0) is 19.5 Å². The summed E-state index contributed by atoms with van der Waals surface area (Å²) in [6.45, 7) is 2.14. The van der Waals surface area contributed by atoms with E-state index in [2.05, 4.69) is 5.32 Å². The third-order valence-electron chi connectivity index (χ3n) is 4.60. The topological polar surface area (TPSA) is 73.0 Å². The van der Waals surface area contributed by atoms with Crippen LogP contribution in [0.5, 0.6) is 0 Å². The molecule has 0 atom stereocenters. The first kappa shape index (κ1) is 16.4. The smallest absolute Gasteiger partial charge is 0.269 e. The van der Waals surface area contributed by atoms with Gasteiger partial charge in [-0.1, -0.05) is 12.1 Å². The number of fused-ring (bicyclic) bond motifs is 1. The van der Waals surface area contributed by atoms with Crippen molar-refractivity contribution in [1.29, 1.82) is 0 Å². The summed E-state index contributed by atoms with van der Waals surface area (Å²) in [5, 5.41) is 18.9. The Labute approximate surface area is 149 Å². The highest BCUT2D eigenvalue weighted by atomic mass is 19.1. The van der Waals surface area contributed by atoms with Crippen molar-refractivity contribution in [1.82, 2.24) is 15.1 Å². The van der Waals surface area contributed by atoms with Crippen molar-refractivity contribution >= 4 is 5.69 Å². The molecule has 7 heteroatoms. The molecule has 3 aromatic rings. The minimum absolute atomic E-state index is 0.0763. The fourth-order valence-electron chi connectivity index (χ4n) is 3.29. The normalized spacial score (nSPS) is 13.4. The summed E-state index contributed by atoms with van der Waals surface area (Å²) < 4.78 is 15.2. The van der Waals surface area contributed by atoms with Crippen molar-refractivity contribution in [2.45, 2.75) is 19.5 Å². The molecule has 132 valence electrons. The standard InChI is InChI=1S/C19H17FN4O2/c20-15-5-3-14(4-6-15)19-17-11-21-10-9-18(17)23(22-19)12-13-1-7-16(8-2-13)24(25)26/h1-8,21H,9-12H2. The summed E-state index contributed by atoms with van der Waals surface area (Å²) in [5.41, 5.74) is 5.05. The maximum Gasteiger partial charge on any atom is 0.269 e. The molecule has 2 aromatic carbocycles. The van der Waals surface area contributed by atoms with Crippen LogP contribution < -0.4 is 5.32 Å². The van der Waals surface area contributed by atoms with E-state index in [4.69, 9.17) is 5.10 Å². The number of benzene rings is 2. The number of nitro benzene ring substituents is 1. The lowest BCUT2D eigenvalue weighted by atomic mass is 10.0. The van der Waals surface area contributed by atoms with Gasteiger partial charge in [-0.05, 0) is 29.8 Å². The van der Waals surface area contributed by atoms with E-state index in [9.17, 15) is 14.5 Å². The Morgan fingerprint density at radius 3 is 2.58 bits per heavy atom. The monoisotopic (exact) mass is 352 g/mol. The number of halogens is 1. The molecule has 0 saturated carbocycles. The Hall–Kier alpha value is -3.06. The van der Waals surface area contributed by atoms with Crippen LogP contribution in [0.4, 0.5) is 10.1 Å². The predicted octanol–water partition coefficient (Wildman–Crippen LogP) is 3.29. The molecule has 1 aliphatic rings. The highest BCUT2D eigenvalue weighted by Crippen LogP contribution is 2.28. The van der Waals surface area contributed by atoms with Gasteiger partial charge in [0.05, 0.1) is 17.2 Å². The zero-order valence-electron chi connectivity index (χ0n) is 14.0. The van der Waals surface area contributed by atoms with Gasteiger partial charge in [0.2, 0.25) is 0 Å². The van der Waals surface area contributed by atoms with Crippen LogP contribution in [-0.4, -0.2) is 21.2 Å². The van der Waals surface area contributed by atoms with Crippen LogP contribution in [0.1, 0.15) is 16.8 Å². The van der Waals surface area contributed by atoms with E-state index in [1.165, 1.54) is 24.3 Å². The number of hydrogen-bond acceptors (Lipinski definition) is 4. The van der Waals surface area contributed by atoms with Crippen molar-refractivity contribution in [2.75, 3.05) is 6.54 Å². The van der Waals surface area contributed by atoms with Crippen molar-refractivity contribution in [3.05, 3.63) is 81.3 Å². The number of hydrogen-bond donors (Lipinski definition) is 1. The SMILES string of the molecule is O=[N+]([O-])c1ccc(Cn2nc(-c3ccc(F)cc3)c3c2CCNC3)cc1. The van der Waals surface area contributed by atoms with E-state index >= 15 is 0 Å². The summed E-state index contributed by atoms with van der Waals surface area (Å²) in [6.07, 6.45) is 0.858. The predicted molar refractivity (Wildman–Crippen MR) is 95.2 cm³/mol. The molecule has 1 N–H and O–H groups in total. The third-order valence-corrected chi connectivity index (χ3v) is 4.60. The summed E-state index contributed by atoms with van der Waals surface area (Å²) in [5.74, 6) is -0.272. The zero-order valence-corrected chi connectivity index (χ0v) is 14.0. The van der Waals surface area contributed by atoms with E-state index in [0.717, 1.165) is 47.6 Å². The molecular weight excluding hydrogens is 335 g/mol. The van der Waals surface area contributed by atoms with Crippen molar-refractivity contribution in [3.8, 4) is 11.3 Å². The first-order valence-corrected chi connectivity index (χ1v) is 8.40. The van der Waals surface area contributed by atoms with Gasteiger partial charge in [-0.2, -0.15) is 5.10 Å². The average Bonchev–Trinajstić information content (AvgIpc) is 3.02. The Morgan fingerprint density at radius 1 is 1.15 bits per heavy atom. The first-order valence-electron chi connectivity index (χ1n) is 8.40. The van der Waals surface area contributed by atoms with Crippen LogP contribution in [0.2, 0.25) is 0 Å². The summed E-state index contributed by atoms with van der Waals surface area (Å²) in [7, 11) is 0. The van der Waals surface area contributed by atoms with E-state index in [1.807, 2.05) is 4.68 Å². The lowest BCUT2D eigenvalue weighted by Gasteiger charge is -2.15.